The average molecular weight is 381 g/mol. The number of carbonyl (C=O) groups is 1. The third-order valence-corrected chi connectivity index (χ3v) is 8.09. The van der Waals surface area contributed by atoms with Gasteiger partial charge in [-0.15, -0.1) is 0 Å². The van der Waals surface area contributed by atoms with Crippen LogP contribution in [0.3, 0.4) is 0 Å². The largest absolute Gasteiger partial charge is 0.340 e. The van der Waals surface area contributed by atoms with Gasteiger partial charge in [-0.05, 0) is 32.1 Å². The van der Waals surface area contributed by atoms with E-state index in [0.29, 0.717) is 6.42 Å². The van der Waals surface area contributed by atoms with Crippen molar-refractivity contribution >= 4 is 25.8 Å². The molecule has 2 unspecified atom stereocenters. The van der Waals surface area contributed by atoms with Gasteiger partial charge in [-0.25, -0.2) is 16.8 Å². The van der Waals surface area contributed by atoms with Crippen molar-refractivity contribution in [1.82, 2.24) is 9.21 Å². The highest BCUT2D eigenvalue weighted by molar-refractivity contribution is 7.92. The number of carbonyl (C=O) groups excluding carboxylic acids is 1. The molecule has 0 aromatic carbocycles. The predicted molar refractivity (Wildman–Crippen MR) is 92.9 cm³/mol. The Morgan fingerprint density at radius 3 is 2.50 bits per heavy atom. The summed E-state index contributed by atoms with van der Waals surface area (Å²) in [5.74, 6) is -0.159. The molecule has 0 spiro atoms. The highest BCUT2D eigenvalue weighted by Crippen LogP contribution is 2.23. The first-order chi connectivity index (χ1) is 11.1. The monoisotopic (exact) mass is 380 g/mol. The van der Waals surface area contributed by atoms with Gasteiger partial charge in [0.2, 0.25) is 15.9 Å². The minimum absolute atomic E-state index is 0.0155. The molecule has 2 saturated heterocycles. The van der Waals surface area contributed by atoms with E-state index < -0.39 is 25.9 Å². The fourth-order valence-electron chi connectivity index (χ4n) is 3.72. The zero-order chi connectivity index (χ0) is 18.0. The summed E-state index contributed by atoms with van der Waals surface area (Å²) in [5.41, 5.74) is 0. The van der Waals surface area contributed by atoms with Crippen molar-refractivity contribution in [3.8, 4) is 0 Å². The van der Waals surface area contributed by atoms with Gasteiger partial charge in [-0.3, -0.25) is 4.79 Å². The van der Waals surface area contributed by atoms with Crippen molar-refractivity contribution in [3.05, 3.63) is 0 Å². The summed E-state index contributed by atoms with van der Waals surface area (Å²) >= 11 is 0. The standard InChI is InChI=1S/C15H28N2O5S2/c1-3-13-6-4-5-9-16(13)15(18)7-10-17(23(2,19)20)14-8-11-24(21,22)12-14/h13-14H,3-12H2,1-2H3. The van der Waals surface area contributed by atoms with Crippen LogP contribution in [-0.4, -0.2) is 74.9 Å². The fraction of sp³-hybridized carbons (Fsp3) is 0.933. The Kier molecular flexibility index (Phi) is 6.30. The number of sulfone groups is 1. The summed E-state index contributed by atoms with van der Waals surface area (Å²) in [4.78, 5) is 14.4. The fourth-order valence-corrected chi connectivity index (χ4v) is 6.69. The van der Waals surface area contributed by atoms with Crippen LogP contribution in [0.4, 0.5) is 0 Å². The summed E-state index contributed by atoms with van der Waals surface area (Å²) in [5, 5.41) is 0. The van der Waals surface area contributed by atoms with Crippen LogP contribution in [0, 0.1) is 0 Å². The molecule has 0 aliphatic carbocycles. The molecule has 2 aliphatic rings. The predicted octanol–water partition coefficient (Wildman–Crippen LogP) is 0.616. The Bertz CT molecular complexity index is 659. The molecule has 9 heteroatoms. The van der Waals surface area contributed by atoms with Crippen LogP contribution in [0.5, 0.6) is 0 Å². The Hall–Kier alpha value is -0.670. The molecule has 0 aromatic heterocycles. The smallest absolute Gasteiger partial charge is 0.224 e. The lowest BCUT2D eigenvalue weighted by molar-refractivity contribution is -0.135. The molecule has 24 heavy (non-hydrogen) atoms. The molecular weight excluding hydrogens is 352 g/mol. The number of sulfonamides is 1. The highest BCUT2D eigenvalue weighted by Gasteiger charge is 2.37. The van der Waals surface area contributed by atoms with E-state index in [1.165, 1.54) is 4.31 Å². The molecule has 0 N–H and O–H groups in total. The van der Waals surface area contributed by atoms with E-state index in [1.807, 2.05) is 4.90 Å². The van der Waals surface area contributed by atoms with E-state index in [1.54, 1.807) is 0 Å². The summed E-state index contributed by atoms with van der Waals surface area (Å²) in [6, 6.07) is -0.300. The van der Waals surface area contributed by atoms with Gasteiger partial charge < -0.3 is 4.90 Å². The number of nitrogens with zero attached hydrogens (tertiary/aromatic N) is 2. The zero-order valence-electron chi connectivity index (χ0n) is 14.5. The van der Waals surface area contributed by atoms with Gasteiger partial charge >= 0.3 is 0 Å². The SMILES string of the molecule is CCC1CCCCN1C(=O)CCN(C1CCS(=O)(=O)C1)S(C)(=O)=O. The van der Waals surface area contributed by atoms with Gasteiger partial charge in [0, 0.05) is 31.6 Å². The van der Waals surface area contributed by atoms with Crippen molar-refractivity contribution in [1.29, 1.82) is 0 Å². The first-order valence-corrected chi connectivity index (χ1v) is 12.3. The quantitative estimate of drug-likeness (QED) is 0.673. The summed E-state index contributed by atoms with van der Waals surface area (Å²) in [7, 11) is -6.72. The molecule has 7 nitrogen and oxygen atoms in total. The molecule has 2 aliphatic heterocycles. The number of rotatable bonds is 6. The molecule has 140 valence electrons. The minimum Gasteiger partial charge on any atom is -0.340 e. The minimum atomic E-state index is -3.55. The van der Waals surface area contributed by atoms with E-state index in [9.17, 15) is 21.6 Å². The van der Waals surface area contributed by atoms with Crippen LogP contribution in [0.15, 0.2) is 0 Å². The highest BCUT2D eigenvalue weighted by atomic mass is 32.2. The molecule has 2 fully saturated rings. The van der Waals surface area contributed by atoms with Crippen LogP contribution in [0.25, 0.3) is 0 Å². The van der Waals surface area contributed by atoms with Crippen LogP contribution in [0.2, 0.25) is 0 Å². The number of amides is 1. The Morgan fingerprint density at radius 1 is 1.25 bits per heavy atom. The van der Waals surface area contributed by atoms with Gasteiger partial charge in [0.1, 0.15) is 0 Å². The van der Waals surface area contributed by atoms with Gasteiger partial charge in [-0.2, -0.15) is 4.31 Å². The number of likely N-dealkylation sites (tertiary alicyclic amines) is 1. The van der Waals surface area contributed by atoms with Gasteiger partial charge in [0.15, 0.2) is 9.84 Å². The maximum Gasteiger partial charge on any atom is 0.224 e. The molecule has 0 aromatic rings. The van der Waals surface area contributed by atoms with Crippen molar-refractivity contribution < 1.29 is 21.6 Å². The summed E-state index contributed by atoms with van der Waals surface area (Å²) in [6.07, 6.45) is 5.51. The molecule has 0 bridgehead atoms. The topological polar surface area (TPSA) is 91.8 Å². The van der Waals surface area contributed by atoms with Crippen LogP contribution in [0.1, 0.15) is 45.4 Å². The molecule has 0 saturated carbocycles. The first kappa shape index (κ1) is 19.7. The molecule has 2 atom stereocenters. The summed E-state index contributed by atoms with van der Waals surface area (Å²) < 4.78 is 48.6. The van der Waals surface area contributed by atoms with E-state index in [0.717, 1.165) is 38.5 Å². The second-order valence-electron chi connectivity index (χ2n) is 6.83. The van der Waals surface area contributed by atoms with E-state index in [4.69, 9.17) is 0 Å². The number of hydrogen-bond donors (Lipinski definition) is 0. The first-order valence-electron chi connectivity index (χ1n) is 8.61. The molecule has 1 amide bonds. The molecule has 2 rings (SSSR count). The molecule has 2 heterocycles. The van der Waals surface area contributed by atoms with Gasteiger partial charge in [0.05, 0.1) is 17.8 Å². The maximum atomic E-state index is 12.5. The second-order valence-corrected chi connectivity index (χ2v) is 11.0. The lowest BCUT2D eigenvalue weighted by Crippen LogP contribution is -2.46. The van der Waals surface area contributed by atoms with E-state index >= 15 is 0 Å². The Labute approximate surface area is 145 Å². The average Bonchev–Trinajstić information content (AvgIpc) is 2.85. The van der Waals surface area contributed by atoms with E-state index in [2.05, 4.69) is 6.92 Å². The third-order valence-electron chi connectivity index (χ3n) is 5.01. The van der Waals surface area contributed by atoms with Gasteiger partial charge in [0.25, 0.3) is 0 Å². The van der Waals surface area contributed by atoms with Crippen molar-refractivity contribution in [3.63, 3.8) is 0 Å². The lowest BCUT2D eigenvalue weighted by atomic mass is 9.99. The third kappa shape index (κ3) is 4.92. The lowest BCUT2D eigenvalue weighted by Gasteiger charge is -2.36. The van der Waals surface area contributed by atoms with Crippen LogP contribution >= 0.6 is 0 Å². The van der Waals surface area contributed by atoms with Crippen molar-refractivity contribution in [2.45, 2.75) is 57.5 Å². The normalized spacial score (nSPS) is 27.5. The van der Waals surface area contributed by atoms with Crippen molar-refractivity contribution in [2.75, 3.05) is 30.9 Å². The Balaban J connectivity index is 2.01. The Morgan fingerprint density at radius 2 is 1.96 bits per heavy atom. The van der Waals surface area contributed by atoms with Crippen LogP contribution in [-0.2, 0) is 24.7 Å². The van der Waals surface area contributed by atoms with Crippen molar-refractivity contribution in [2.24, 2.45) is 0 Å². The summed E-state index contributed by atoms with van der Waals surface area (Å²) in [6.45, 7) is 2.85. The maximum absolute atomic E-state index is 12.5. The molecular formula is C15H28N2O5S2. The number of hydrogen-bond acceptors (Lipinski definition) is 5. The number of piperidine rings is 1. The zero-order valence-corrected chi connectivity index (χ0v) is 16.1. The second kappa shape index (κ2) is 7.70. The van der Waals surface area contributed by atoms with Gasteiger partial charge in [-0.1, -0.05) is 6.92 Å². The van der Waals surface area contributed by atoms with E-state index in [-0.39, 0.29) is 36.4 Å². The van der Waals surface area contributed by atoms with Crippen LogP contribution < -0.4 is 0 Å². The molecule has 0 radical (unpaired) electrons.